The normalized spacial score (nSPS) is 12.8. The van der Waals surface area contributed by atoms with Crippen LogP contribution in [0.1, 0.15) is 23.1 Å². The van der Waals surface area contributed by atoms with E-state index >= 15 is 0 Å². The predicted molar refractivity (Wildman–Crippen MR) is 80.5 cm³/mol. The van der Waals surface area contributed by atoms with Gasteiger partial charge in [-0.1, -0.05) is 29.8 Å². The van der Waals surface area contributed by atoms with E-state index in [2.05, 4.69) is 4.98 Å². The van der Waals surface area contributed by atoms with Crippen LogP contribution in [0, 0.1) is 12.7 Å². The monoisotopic (exact) mass is 284 g/mol. The molecular weight excluding hydrogens is 267 g/mol. The van der Waals surface area contributed by atoms with Gasteiger partial charge in [0.25, 0.3) is 0 Å². The third kappa shape index (κ3) is 2.54. The highest BCUT2D eigenvalue weighted by Gasteiger charge is 2.17. The zero-order chi connectivity index (χ0) is 15.0. The number of imidazole rings is 1. The summed E-state index contributed by atoms with van der Waals surface area (Å²) < 4.78 is 15.8. The van der Waals surface area contributed by atoms with Gasteiger partial charge in [-0.15, -0.1) is 0 Å². The number of aliphatic hydroxyl groups is 1. The number of fused-ring (bicyclic) bond motifs is 1. The van der Waals surface area contributed by atoms with Gasteiger partial charge in [0.15, 0.2) is 0 Å². The van der Waals surface area contributed by atoms with Gasteiger partial charge in [-0.3, -0.25) is 0 Å². The van der Waals surface area contributed by atoms with Gasteiger partial charge in [0, 0.05) is 19.0 Å². The maximum absolute atomic E-state index is 13.8. The molecule has 1 heterocycles. The van der Waals surface area contributed by atoms with E-state index in [1.807, 2.05) is 42.8 Å². The molecule has 4 heteroatoms. The summed E-state index contributed by atoms with van der Waals surface area (Å²) in [4.78, 5) is 4.51. The van der Waals surface area contributed by atoms with Crippen LogP contribution in [0.2, 0.25) is 0 Å². The lowest BCUT2D eigenvalue weighted by Crippen LogP contribution is -2.08. The summed E-state index contributed by atoms with van der Waals surface area (Å²) in [6.45, 7) is 1.88. The zero-order valence-corrected chi connectivity index (χ0v) is 12.0. The number of aliphatic hydroxyl groups excluding tert-OH is 1. The van der Waals surface area contributed by atoms with E-state index in [-0.39, 0.29) is 12.2 Å². The molecule has 1 atom stereocenters. The number of aryl methyl sites for hydroxylation is 2. The van der Waals surface area contributed by atoms with Crippen LogP contribution in [0.3, 0.4) is 0 Å². The van der Waals surface area contributed by atoms with Crippen LogP contribution >= 0.6 is 0 Å². The van der Waals surface area contributed by atoms with Crippen LogP contribution in [0.5, 0.6) is 0 Å². The number of nitrogens with zero attached hydrogens (tertiary/aromatic N) is 2. The summed E-state index contributed by atoms with van der Waals surface area (Å²) in [7, 11) is 1.91. The van der Waals surface area contributed by atoms with Gasteiger partial charge in [-0.25, -0.2) is 9.37 Å². The second kappa shape index (κ2) is 5.30. The zero-order valence-electron chi connectivity index (χ0n) is 12.0. The summed E-state index contributed by atoms with van der Waals surface area (Å²) in [6, 6.07) is 12.6. The van der Waals surface area contributed by atoms with E-state index in [4.69, 9.17) is 0 Å². The van der Waals surface area contributed by atoms with Crippen LogP contribution < -0.4 is 0 Å². The van der Waals surface area contributed by atoms with Crippen molar-refractivity contribution in [2.45, 2.75) is 19.4 Å². The molecule has 3 aromatic rings. The second-order valence-corrected chi connectivity index (χ2v) is 5.32. The molecule has 3 nitrogen and oxygen atoms in total. The fourth-order valence-corrected chi connectivity index (χ4v) is 2.58. The summed E-state index contributed by atoms with van der Waals surface area (Å²) in [5, 5.41) is 10.3. The molecule has 1 N–H and O–H groups in total. The first-order chi connectivity index (χ1) is 10.1. The van der Waals surface area contributed by atoms with Crippen LogP contribution in [-0.4, -0.2) is 14.7 Å². The minimum absolute atomic E-state index is 0.283. The smallest absolute Gasteiger partial charge is 0.129 e. The van der Waals surface area contributed by atoms with Crippen molar-refractivity contribution < 1.29 is 9.50 Å². The largest absolute Gasteiger partial charge is 0.388 e. The molecule has 0 spiro atoms. The Hall–Kier alpha value is -2.20. The second-order valence-electron chi connectivity index (χ2n) is 5.32. The van der Waals surface area contributed by atoms with Crippen molar-refractivity contribution in [3.05, 3.63) is 65.2 Å². The van der Waals surface area contributed by atoms with Crippen molar-refractivity contribution in [1.29, 1.82) is 0 Å². The molecule has 0 fully saturated rings. The number of benzene rings is 2. The Morgan fingerprint density at radius 2 is 2.00 bits per heavy atom. The average Bonchev–Trinajstić information content (AvgIpc) is 2.78. The molecule has 0 aliphatic heterocycles. The number of para-hydroxylation sites is 2. The molecule has 0 saturated carbocycles. The summed E-state index contributed by atoms with van der Waals surface area (Å²) in [6.07, 6.45) is -0.619. The van der Waals surface area contributed by atoms with E-state index in [0.717, 1.165) is 22.4 Å². The Labute approximate surface area is 122 Å². The van der Waals surface area contributed by atoms with Gasteiger partial charge in [0.05, 0.1) is 17.1 Å². The van der Waals surface area contributed by atoms with Crippen molar-refractivity contribution in [2.75, 3.05) is 0 Å². The lowest BCUT2D eigenvalue weighted by molar-refractivity contribution is 0.170. The third-order valence-electron chi connectivity index (χ3n) is 3.77. The Balaban J connectivity index is 1.94. The fraction of sp³-hybridized carbons (Fsp3) is 0.235. The Kier molecular flexibility index (Phi) is 3.47. The summed E-state index contributed by atoms with van der Waals surface area (Å²) in [5.74, 6) is 0.358. The van der Waals surface area contributed by atoms with Crippen LogP contribution in [0.4, 0.5) is 4.39 Å². The molecule has 0 amide bonds. The van der Waals surface area contributed by atoms with E-state index in [1.165, 1.54) is 6.07 Å². The van der Waals surface area contributed by atoms with Gasteiger partial charge in [0.2, 0.25) is 0 Å². The highest BCUT2D eigenvalue weighted by atomic mass is 19.1. The standard InChI is InChI=1S/C17H17FN2O/c1-11-7-8-13(18)12(9-11)16(21)10-17-19-14-5-3-4-6-15(14)20(17)2/h3-9,16,21H,10H2,1-2H3. The molecular formula is C17H17FN2O. The first-order valence-corrected chi connectivity index (χ1v) is 6.90. The molecule has 1 aromatic heterocycles. The van der Waals surface area contributed by atoms with Gasteiger partial charge in [-0.2, -0.15) is 0 Å². The highest BCUT2D eigenvalue weighted by molar-refractivity contribution is 5.75. The van der Waals surface area contributed by atoms with Crippen molar-refractivity contribution in [1.82, 2.24) is 9.55 Å². The third-order valence-corrected chi connectivity index (χ3v) is 3.77. The molecule has 21 heavy (non-hydrogen) atoms. The van der Waals surface area contributed by atoms with Crippen LogP contribution in [0.25, 0.3) is 11.0 Å². The number of halogens is 1. The fourth-order valence-electron chi connectivity index (χ4n) is 2.58. The number of rotatable bonds is 3. The highest BCUT2D eigenvalue weighted by Crippen LogP contribution is 2.23. The summed E-state index contributed by atoms with van der Waals surface area (Å²) in [5.41, 5.74) is 3.13. The molecule has 3 rings (SSSR count). The van der Waals surface area contributed by atoms with Gasteiger partial charge >= 0.3 is 0 Å². The van der Waals surface area contributed by atoms with Crippen molar-refractivity contribution in [3.63, 3.8) is 0 Å². The quantitative estimate of drug-likeness (QED) is 0.801. The van der Waals surface area contributed by atoms with E-state index in [9.17, 15) is 9.50 Å². The molecule has 0 aliphatic rings. The van der Waals surface area contributed by atoms with Crippen molar-refractivity contribution in [3.8, 4) is 0 Å². The van der Waals surface area contributed by atoms with E-state index < -0.39 is 6.10 Å². The molecule has 0 aliphatic carbocycles. The van der Waals surface area contributed by atoms with Crippen LogP contribution in [0.15, 0.2) is 42.5 Å². The molecule has 0 saturated heterocycles. The van der Waals surface area contributed by atoms with Crippen molar-refractivity contribution >= 4 is 11.0 Å². The van der Waals surface area contributed by atoms with Gasteiger partial charge in [0.1, 0.15) is 11.6 Å². The Bertz CT molecular complexity index is 795. The molecule has 1 unspecified atom stereocenters. The Morgan fingerprint density at radius 3 is 2.76 bits per heavy atom. The lowest BCUT2D eigenvalue weighted by atomic mass is 10.0. The number of aromatic nitrogens is 2. The maximum atomic E-state index is 13.8. The first-order valence-electron chi connectivity index (χ1n) is 6.90. The Morgan fingerprint density at radius 1 is 1.24 bits per heavy atom. The van der Waals surface area contributed by atoms with E-state index in [1.54, 1.807) is 12.1 Å². The minimum Gasteiger partial charge on any atom is -0.388 e. The van der Waals surface area contributed by atoms with E-state index in [0.29, 0.717) is 5.56 Å². The first kappa shape index (κ1) is 13.8. The number of hydrogen-bond acceptors (Lipinski definition) is 2. The predicted octanol–water partition coefficient (Wildman–Crippen LogP) is 3.30. The maximum Gasteiger partial charge on any atom is 0.129 e. The molecule has 0 bridgehead atoms. The molecule has 2 aromatic carbocycles. The lowest BCUT2D eigenvalue weighted by Gasteiger charge is -2.12. The van der Waals surface area contributed by atoms with Gasteiger partial charge < -0.3 is 9.67 Å². The topological polar surface area (TPSA) is 38.1 Å². The van der Waals surface area contributed by atoms with Crippen LogP contribution in [-0.2, 0) is 13.5 Å². The minimum atomic E-state index is -0.902. The SMILES string of the molecule is Cc1ccc(F)c(C(O)Cc2nc3ccccc3n2C)c1. The molecule has 108 valence electrons. The molecule has 0 radical (unpaired) electrons. The van der Waals surface area contributed by atoms with Gasteiger partial charge in [-0.05, 0) is 25.1 Å². The summed E-state index contributed by atoms with van der Waals surface area (Å²) >= 11 is 0. The number of hydrogen-bond donors (Lipinski definition) is 1. The van der Waals surface area contributed by atoms with Crippen molar-refractivity contribution in [2.24, 2.45) is 7.05 Å². The average molecular weight is 284 g/mol.